The van der Waals surface area contributed by atoms with Crippen molar-refractivity contribution in [1.29, 1.82) is 0 Å². The van der Waals surface area contributed by atoms with Crippen molar-refractivity contribution < 1.29 is 4.79 Å². The van der Waals surface area contributed by atoms with Crippen LogP contribution in [0, 0.1) is 0 Å². The van der Waals surface area contributed by atoms with Gasteiger partial charge in [0.05, 0.1) is 16.4 Å². The molecule has 0 aliphatic carbocycles. The van der Waals surface area contributed by atoms with Crippen LogP contribution in [-0.2, 0) is 0 Å². The first-order valence-electron chi connectivity index (χ1n) is 5.55. The molecule has 0 aromatic carbocycles. The van der Waals surface area contributed by atoms with E-state index in [0.29, 0.717) is 11.5 Å². The van der Waals surface area contributed by atoms with Gasteiger partial charge in [-0.3, -0.25) is 4.79 Å². The van der Waals surface area contributed by atoms with Crippen molar-refractivity contribution in [1.82, 2.24) is 4.90 Å². The molecular formula is C12H14N2OS3. The maximum Gasteiger partial charge on any atom is 0.264 e. The van der Waals surface area contributed by atoms with Crippen LogP contribution in [0.2, 0.25) is 0 Å². The molecule has 2 aromatic heterocycles. The minimum atomic E-state index is 0.00574. The van der Waals surface area contributed by atoms with Gasteiger partial charge in [0, 0.05) is 15.4 Å². The number of nitrogens with zero attached hydrogens (tertiary/aromatic N) is 1. The van der Waals surface area contributed by atoms with Gasteiger partial charge < -0.3 is 10.6 Å². The van der Waals surface area contributed by atoms with Crippen molar-refractivity contribution in [2.75, 3.05) is 6.54 Å². The molecule has 0 saturated carbocycles. The number of carbonyl (C=O) groups is 1. The van der Waals surface area contributed by atoms with Gasteiger partial charge in [0.15, 0.2) is 0 Å². The molecule has 18 heavy (non-hydrogen) atoms. The minimum Gasteiger partial charge on any atom is -0.392 e. The average molecular weight is 298 g/mol. The summed E-state index contributed by atoms with van der Waals surface area (Å²) in [6.07, 6.45) is 0. The predicted octanol–water partition coefficient (Wildman–Crippen LogP) is 3.10. The molecule has 2 aromatic rings. The van der Waals surface area contributed by atoms with Gasteiger partial charge >= 0.3 is 0 Å². The van der Waals surface area contributed by atoms with Gasteiger partial charge in [-0.05, 0) is 31.4 Å². The highest BCUT2D eigenvalue weighted by Crippen LogP contribution is 2.30. The van der Waals surface area contributed by atoms with Crippen LogP contribution in [0.25, 0.3) is 9.40 Å². The zero-order chi connectivity index (χ0) is 13.3. The Hall–Kier alpha value is -0.980. The third kappa shape index (κ3) is 2.71. The van der Waals surface area contributed by atoms with Crippen molar-refractivity contribution in [3.8, 4) is 0 Å². The molecule has 0 aliphatic heterocycles. The molecular weight excluding hydrogens is 284 g/mol. The number of rotatable bonds is 4. The molecule has 1 amide bonds. The Morgan fingerprint density at radius 1 is 1.50 bits per heavy atom. The molecule has 6 heteroatoms. The summed E-state index contributed by atoms with van der Waals surface area (Å²) in [4.78, 5) is 15.2. The summed E-state index contributed by atoms with van der Waals surface area (Å²) in [5.41, 5.74) is 5.55. The van der Waals surface area contributed by atoms with E-state index in [-0.39, 0.29) is 11.9 Å². The van der Waals surface area contributed by atoms with Gasteiger partial charge in [-0.2, -0.15) is 0 Å². The van der Waals surface area contributed by atoms with Gasteiger partial charge in [-0.15, -0.1) is 22.7 Å². The van der Waals surface area contributed by atoms with Crippen LogP contribution < -0.4 is 5.73 Å². The van der Waals surface area contributed by atoms with Gasteiger partial charge in [0.1, 0.15) is 0 Å². The first kappa shape index (κ1) is 13.5. The average Bonchev–Trinajstić information content (AvgIpc) is 2.83. The molecule has 0 unspecified atom stereocenters. The molecule has 0 bridgehead atoms. The van der Waals surface area contributed by atoms with E-state index in [1.165, 1.54) is 11.3 Å². The lowest BCUT2D eigenvalue weighted by Crippen LogP contribution is -2.41. The number of hydrogen-bond acceptors (Lipinski definition) is 4. The Bertz CT molecular complexity index is 556. The topological polar surface area (TPSA) is 46.3 Å². The predicted molar refractivity (Wildman–Crippen MR) is 82.7 cm³/mol. The first-order chi connectivity index (χ1) is 8.49. The fourth-order valence-corrected chi connectivity index (χ4v) is 3.87. The molecule has 0 fully saturated rings. The van der Waals surface area contributed by atoms with E-state index in [1.807, 2.05) is 31.4 Å². The molecule has 0 atom stereocenters. The van der Waals surface area contributed by atoms with Crippen LogP contribution in [-0.4, -0.2) is 28.4 Å². The van der Waals surface area contributed by atoms with Crippen LogP contribution in [0.1, 0.15) is 23.5 Å². The normalized spacial score (nSPS) is 11.1. The summed E-state index contributed by atoms with van der Waals surface area (Å²) in [5.74, 6) is 0.00574. The van der Waals surface area contributed by atoms with Crippen LogP contribution in [0.5, 0.6) is 0 Å². The van der Waals surface area contributed by atoms with Gasteiger partial charge in [-0.1, -0.05) is 12.2 Å². The van der Waals surface area contributed by atoms with Crippen LogP contribution >= 0.6 is 34.9 Å². The Kier molecular flexibility index (Phi) is 3.99. The molecule has 96 valence electrons. The second-order valence-corrected chi connectivity index (χ2v) is 6.81. The zero-order valence-corrected chi connectivity index (χ0v) is 12.6. The van der Waals surface area contributed by atoms with Crippen LogP contribution in [0.15, 0.2) is 17.5 Å². The number of nitrogens with two attached hydrogens (primary N) is 1. The highest BCUT2D eigenvalue weighted by molar-refractivity contribution is 7.80. The van der Waals surface area contributed by atoms with E-state index in [4.69, 9.17) is 18.0 Å². The Labute approximate surface area is 119 Å². The molecule has 2 N–H and O–H groups in total. The number of amides is 1. The maximum absolute atomic E-state index is 12.4. The van der Waals surface area contributed by atoms with E-state index in [2.05, 4.69) is 0 Å². The van der Waals surface area contributed by atoms with Gasteiger partial charge in [-0.25, -0.2) is 0 Å². The van der Waals surface area contributed by atoms with E-state index >= 15 is 0 Å². The summed E-state index contributed by atoms with van der Waals surface area (Å²) in [5, 5.41) is 2.03. The Morgan fingerprint density at radius 2 is 2.22 bits per heavy atom. The van der Waals surface area contributed by atoms with Crippen LogP contribution in [0.4, 0.5) is 0 Å². The lowest BCUT2D eigenvalue weighted by Gasteiger charge is -2.25. The molecule has 0 aliphatic rings. The lowest BCUT2D eigenvalue weighted by molar-refractivity contribution is 0.0741. The number of fused-ring (bicyclic) bond motifs is 1. The fraction of sp³-hybridized carbons (Fsp3) is 0.333. The van der Waals surface area contributed by atoms with Crippen molar-refractivity contribution >= 4 is 55.2 Å². The van der Waals surface area contributed by atoms with E-state index in [0.717, 1.165) is 14.3 Å². The zero-order valence-electron chi connectivity index (χ0n) is 10.2. The SMILES string of the molecule is CC(C)N(CC(N)=S)C(=O)c1cc2sccc2s1. The summed E-state index contributed by atoms with van der Waals surface area (Å²) < 4.78 is 2.31. The highest BCUT2D eigenvalue weighted by Gasteiger charge is 2.21. The molecule has 0 saturated heterocycles. The summed E-state index contributed by atoms with van der Waals surface area (Å²) in [7, 11) is 0. The number of carbonyl (C=O) groups excluding carboxylic acids is 1. The Balaban J connectivity index is 2.27. The summed E-state index contributed by atoms with van der Waals surface area (Å²) in [6.45, 7) is 4.26. The third-order valence-corrected chi connectivity index (χ3v) is 4.77. The lowest BCUT2D eigenvalue weighted by atomic mass is 10.3. The maximum atomic E-state index is 12.4. The second-order valence-electron chi connectivity index (χ2n) is 4.25. The molecule has 0 spiro atoms. The standard InChI is InChI=1S/C12H14N2OS3/c1-7(2)14(6-11(13)16)12(15)10-5-9-8(18-10)3-4-17-9/h3-5,7H,6H2,1-2H3,(H2,13,16). The van der Waals surface area contributed by atoms with E-state index < -0.39 is 0 Å². The third-order valence-electron chi connectivity index (χ3n) is 2.56. The van der Waals surface area contributed by atoms with E-state index in [9.17, 15) is 4.79 Å². The van der Waals surface area contributed by atoms with Crippen molar-refractivity contribution in [2.45, 2.75) is 19.9 Å². The summed E-state index contributed by atoms with van der Waals surface area (Å²) >= 11 is 8.07. The quantitative estimate of drug-likeness (QED) is 0.882. The monoisotopic (exact) mass is 298 g/mol. The van der Waals surface area contributed by atoms with E-state index in [1.54, 1.807) is 16.2 Å². The number of hydrogen-bond donors (Lipinski definition) is 1. The van der Waals surface area contributed by atoms with Crippen LogP contribution in [0.3, 0.4) is 0 Å². The highest BCUT2D eigenvalue weighted by atomic mass is 32.1. The molecule has 2 rings (SSSR count). The second kappa shape index (κ2) is 5.34. The number of thiophene rings is 2. The van der Waals surface area contributed by atoms with Crippen molar-refractivity contribution in [3.05, 3.63) is 22.4 Å². The van der Waals surface area contributed by atoms with Gasteiger partial charge in [0.25, 0.3) is 5.91 Å². The molecule has 2 heterocycles. The number of thiocarbonyl (C=S) groups is 1. The smallest absolute Gasteiger partial charge is 0.264 e. The minimum absolute atomic E-state index is 0.00574. The largest absolute Gasteiger partial charge is 0.392 e. The van der Waals surface area contributed by atoms with Crippen molar-refractivity contribution in [2.24, 2.45) is 5.73 Å². The fourth-order valence-electron chi connectivity index (χ4n) is 1.67. The van der Waals surface area contributed by atoms with Crippen molar-refractivity contribution in [3.63, 3.8) is 0 Å². The molecule has 0 radical (unpaired) electrons. The Morgan fingerprint density at radius 3 is 2.78 bits per heavy atom. The summed E-state index contributed by atoms with van der Waals surface area (Å²) in [6, 6.07) is 4.07. The van der Waals surface area contributed by atoms with Gasteiger partial charge in [0.2, 0.25) is 0 Å². The first-order valence-corrected chi connectivity index (χ1v) is 7.66. The molecule has 3 nitrogen and oxygen atoms in total.